The summed E-state index contributed by atoms with van der Waals surface area (Å²) in [7, 11) is 0. The highest BCUT2D eigenvalue weighted by molar-refractivity contribution is 6.30. The van der Waals surface area contributed by atoms with Gasteiger partial charge in [-0.25, -0.2) is 0 Å². The SMILES string of the molecule is CCCCCCC[C@H]1CC[C@H](CC[C@H]2CC[C@H](c3ccc(CCc4ccc(Cl)cc4)cc3)CC2)CC1. The van der Waals surface area contributed by atoms with Crippen molar-refractivity contribution in [2.24, 2.45) is 17.8 Å². The molecule has 0 spiro atoms. The molecule has 0 atom stereocenters. The Balaban J connectivity index is 1.09. The van der Waals surface area contributed by atoms with E-state index in [4.69, 9.17) is 11.6 Å². The molecular weight excluding hydrogens is 456 g/mol. The molecule has 36 heavy (non-hydrogen) atoms. The fourth-order valence-corrected chi connectivity index (χ4v) is 7.12. The molecule has 2 saturated carbocycles. The van der Waals surface area contributed by atoms with Crippen molar-refractivity contribution in [1.82, 2.24) is 0 Å². The van der Waals surface area contributed by atoms with Gasteiger partial charge in [-0.15, -0.1) is 0 Å². The Bertz CT molecular complexity index is 835. The van der Waals surface area contributed by atoms with Gasteiger partial charge in [-0.3, -0.25) is 0 Å². The van der Waals surface area contributed by atoms with Gasteiger partial charge in [-0.1, -0.05) is 132 Å². The molecule has 1 heteroatoms. The summed E-state index contributed by atoms with van der Waals surface area (Å²) >= 11 is 6.01. The number of unbranched alkanes of at least 4 members (excludes halogenated alkanes) is 4. The van der Waals surface area contributed by atoms with Crippen LogP contribution in [-0.2, 0) is 12.8 Å². The standard InChI is InChI=1S/C35H51Cl/c1-2-3-4-5-6-7-28-8-10-29(11-9-28)12-13-30-16-22-33(23-17-30)34-24-18-31(19-25-34)14-15-32-20-26-35(36)27-21-32/h18-21,24-30,33H,2-17,22-23H2,1H3/t28-,29-,30-,33-. The Hall–Kier alpha value is -1.27. The molecule has 0 bridgehead atoms. The molecule has 2 aliphatic rings. The summed E-state index contributed by atoms with van der Waals surface area (Å²) in [4.78, 5) is 0. The Kier molecular flexibility index (Phi) is 11.7. The molecule has 0 unspecified atom stereocenters. The summed E-state index contributed by atoms with van der Waals surface area (Å²) < 4.78 is 0. The van der Waals surface area contributed by atoms with Gasteiger partial charge in [0.1, 0.15) is 0 Å². The molecule has 2 aliphatic carbocycles. The molecule has 2 fully saturated rings. The van der Waals surface area contributed by atoms with Crippen molar-refractivity contribution in [2.75, 3.05) is 0 Å². The van der Waals surface area contributed by atoms with E-state index in [1.54, 1.807) is 5.56 Å². The van der Waals surface area contributed by atoms with Crippen molar-refractivity contribution in [2.45, 2.75) is 128 Å². The minimum absolute atomic E-state index is 0.791. The van der Waals surface area contributed by atoms with Crippen LogP contribution >= 0.6 is 11.6 Å². The maximum atomic E-state index is 6.01. The van der Waals surface area contributed by atoms with Gasteiger partial charge < -0.3 is 0 Å². The second kappa shape index (κ2) is 15.2. The molecule has 0 heterocycles. The average Bonchev–Trinajstić information content (AvgIpc) is 2.93. The van der Waals surface area contributed by atoms with E-state index in [1.807, 2.05) is 12.1 Å². The predicted molar refractivity (Wildman–Crippen MR) is 158 cm³/mol. The zero-order chi connectivity index (χ0) is 25.0. The van der Waals surface area contributed by atoms with Crippen LogP contribution in [0.25, 0.3) is 0 Å². The van der Waals surface area contributed by atoms with Crippen LogP contribution in [0, 0.1) is 17.8 Å². The van der Waals surface area contributed by atoms with Gasteiger partial charge in [0.2, 0.25) is 0 Å². The fraction of sp³-hybridized carbons (Fsp3) is 0.657. The molecule has 198 valence electrons. The van der Waals surface area contributed by atoms with Crippen LogP contribution in [0.4, 0.5) is 0 Å². The molecule has 0 aliphatic heterocycles. The molecule has 4 rings (SSSR count). The summed E-state index contributed by atoms with van der Waals surface area (Å²) in [6.07, 6.45) is 25.8. The van der Waals surface area contributed by atoms with E-state index in [9.17, 15) is 0 Å². The van der Waals surface area contributed by atoms with E-state index >= 15 is 0 Å². The highest BCUT2D eigenvalue weighted by Gasteiger charge is 2.25. The number of benzene rings is 2. The normalized spacial score (nSPS) is 24.6. The molecular formula is C35H51Cl. The quantitative estimate of drug-likeness (QED) is 0.237. The van der Waals surface area contributed by atoms with Crippen molar-refractivity contribution >= 4 is 11.6 Å². The van der Waals surface area contributed by atoms with Gasteiger partial charge in [0.05, 0.1) is 0 Å². The van der Waals surface area contributed by atoms with Gasteiger partial charge in [0.25, 0.3) is 0 Å². The first-order chi connectivity index (χ1) is 17.7. The molecule has 0 N–H and O–H groups in total. The van der Waals surface area contributed by atoms with Crippen LogP contribution in [0.3, 0.4) is 0 Å². The third-order valence-corrected chi connectivity index (χ3v) is 9.83. The molecule has 2 aromatic carbocycles. The second-order valence-corrected chi connectivity index (χ2v) is 12.7. The fourth-order valence-electron chi connectivity index (χ4n) is 7.00. The van der Waals surface area contributed by atoms with Gasteiger partial charge in [0.15, 0.2) is 0 Å². The lowest BCUT2D eigenvalue weighted by molar-refractivity contribution is 0.222. The van der Waals surface area contributed by atoms with E-state index in [0.717, 1.165) is 41.5 Å². The van der Waals surface area contributed by atoms with Crippen molar-refractivity contribution in [1.29, 1.82) is 0 Å². The van der Waals surface area contributed by atoms with Crippen molar-refractivity contribution < 1.29 is 0 Å². The molecule has 0 saturated heterocycles. The van der Waals surface area contributed by atoms with Crippen LogP contribution in [0.15, 0.2) is 48.5 Å². The number of rotatable bonds is 13. The minimum Gasteiger partial charge on any atom is -0.0843 e. The first-order valence-corrected chi connectivity index (χ1v) is 15.9. The molecule has 2 aromatic rings. The highest BCUT2D eigenvalue weighted by atomic mass is 35.5. The van der Waals surface area contributed by atoms with E-state index in [2.05, 4.69) is 43.3 Å². The Labute approximate surface area is 227 Å². The summed E-state index contributed by atoms with van der Waals surface area (Å²) in [6.45, 7) is 2.32. The maximum absolute atomic E-state index is 6.01. The Morgan fingerprint density at radius 2 is 1.03 bits per heavy atom. The van der Waals surface area contributed by atoms with E-state index in [1.165, 1.54) is 114 Å². The third-order valence-electron chi connectivity index (χ3n) is 9.58. The summed E-state index contributed by atoms with van der Waals surface area (Å²) in [5.74, 6) is 3.89. The largest absolute Gasteiger partial charge is 0.0843 e. The van der Waals surface area contributed by atoms with Gasteiger partial charge >= 0.3 is 0 Å². The monoisotopic (exact) mass is 506 g/mol. The maximum Gasteiger partial charge on any atom is 0.0406 e. The average molecular weight is 507 g/mol. The molecule has 0 amide bonds. The lowest BCUT2D eigenvalue weighted by atomic mass is 9.74. The van der Waals surface area contributed by atoms with E-state index < -0.39 is 0 Å². The predicted octanol–water partition coefficient (Wildman–Crippen LogP) is 11.3. The minimum atomic E-state index is 0.791. The van der Waals surface area contributed by atoms with Gasteiger partial charge in [0, 0.05) is 5.02 Å². The third kappa shape index (κ3) is 9.24. The van der Waals surface area contributed by atoms with E-state index in [0.29, 0.717) is 0 Å². The van der Waals surface area contributed by atoms with Crippen LogP contribution in [0.5, 0.6) is 0 Å². The Morgan fingerprint density at radius 3 is 1.58 bits per heavy atom. The van der Waals surface area contributed by atoms with Crippen LogP contribution in [0.2, 0.25) is 5.02 Å². The first-order valence-electron chi connectivity index (χ1n) is 15.5. The van der Waals surface area contributed by atoms with Crippen molar-refractivity contribution in [3.63, 3.8) is 0 Å². The summed E-state index contributed by atoms with van der Waals surface area (Å²) in [5, 5.41) is 0.823. The summed E-state index contributed by atoms with van der Waals surface area (Å²) in [5.41, 5.74) is 4.40. The topological polar surface area (TPSA) is 0 Å². The molecule has 0 radical (unpaired) electrons. The number of halogens is 1. The van der Waals surface area contributed by atoms with Gasteiger partial charge in [-0.05, 0) is 91.0 Å². The second-order valence-electron chi connectivity index (χ2n) is 12.3. The van der Waals surface area contributed by atoms with Crippen molar-refractivity contribution in [3.8, 4) is 0 Å². The number of aryl methyl sites for hydroxylation is 2. The molecule has 0 nitrogen and oxygen atoms in total. The lowest BCUT2D eigenvalue weighted by Crippen LogP contribution is -2.18. The highest BCUT2D eigenvalue weighted by Crippen LogP contribution is 2.40. The van der Waals surface area contributed by atoms with Gasteiger partial charge in [-0.2, -0.15) is 0 Å². The zero-order valence-corrected chi connectivity index (χ0v) is 23.8. The lowest BCUT2D eigenvalue weighted by Gasteiger charge is -2.32. The first kappa shape index (κ1) is 27.8. The summed E-state index contributed by atoms with van der Waals surface area (Å²) in [6, 6.07) is 17.9. The van der Waals surface area contributed by atoms with Crippen LogP contribution < -0.4 is 0 Å². The molecule has 0 aromatic heterocycles. The zero-order valence-electron chi connectivity index (χ0n) is 23.0. The van der Waals surface area contributed by atoms with Crippen molar-refractivity contribution in [3.05, 3.63) is 70.2 Å². The smallest absolute Gasteiger partial charge is 0.0406 e. The number of hydrogen-bond donors (Lipinski definition) is 0. The van der Waals surface area contributed by atoms with E-state index in [-0.39, 0.29) is 0 Å². The van der Waals surface area contributed by atoms with Crippen LogP contribution in [-0.4, -0.2) is 0 Å². The Morgan fingerprint density at radius 1 is 0.556 bits per heavy atom. The van der Waals surface area contributed by atoms with Crippen LogP contribution in [0.1, 0.15) is 132 Å². The number of hydrogen-bond acceptors (Lipinski definition) is 0.